The van der Waals surface area contributed by atoms with E-state index >= 15 is 0 Å². The molecule has 0 fully saturated rings. The van der Waals surface area contributed by atoms with E-state index in [-0.39, 0.29) is 17.8 Å². The lowest BCUT2D eigenvalue weighted by Gasteiger charge is -2.25. The highest BCUT2D eigenvalue weighted by atomic mass is 16.5. The van der Waals surface area contributed by atoms with Crippen molar-refractivity contribution in [2.75, 3.05) is 13.7 Å². The Labute approximate surface area is 126 Å². The van der Waals surface area contributed by atoms with Crippen LogP contribution in [0.2, 0.25) is 0 Å². The zero-order valence-electron chi connectivity index (χ0n) is 13.0. The number of amides is 1. The average Bonchev–Trinajstić information content (AvgIpc) is 2.51. The number of ether oxygens (including phenoxy) is 1. The SMILES string of the molecule is CCCCC(=O)N(Cc1ccccn1)CC(C)C(=O)OC. The molecule has 5 heteroatoms. The van der Waals surface area contributed by atoms with Crippen molar-refractivity contribution in [3.63, 3.8) is 0 Å². The van der Waals surface area contributed by atoms with Gasteiger partial charge in [0.2, 0.25) is 5.91 Å². The summed E-state index contributed by atoms with van der Waals surface area (Å²) in [5.74, 6) is -0.591. The summed E-state index contributed by atoms with van der Waals surface area (Å²) in [4.78, 5) is 29.8. The van der Waals surface area contributed by atoms with Crippen molar-refractivity contribution in [2.45, 2.75) is 39.7 Å². The second kappa shape index (κ2) is 9.10. The molecule has 21 heavy (non-hydrogen) atoms. The molecular formula is C16H24N2O3. The predicted octanol–water partition coefficient (Wildman–Crippen LogP) is 2.41. The minimum absolute atomic E-state index is 0.0539. The molecule has 0 saturated heterocycles. The van der Waals surface area contributed by atoms with Gasteiger partial charge in [-0.3, -0.25) is 14.6 Å². The van der Waals surface area contributed by atoms with Gasteiger partial charge in [-0.2, -0.15) is 0 Å². The fourth-order valence-electron chi connectivity index (χ4n) is 2.03. The maximum Gasteiger partial charge on any atom is 0.310 e. The van der Waals surface area contributed by atoms with Crippen LogP contribution in [0.3, 0.4) is 0 Å². The highest BCUT2D eigenvalue weighted by Crippen LogP contribution is 2.10. The Kier molecular flexibility index (Phi) is 7.43. The van der Waals surface area contributed by atoms with Crippen LogP contribution in [0.15, 0.2) is 24.4 Å². The monoisotopic (exact) mass is 292 g/mol. The van der Waals surface area contributed by atoms with Gasteiger partial charge < -0.3 is 9.64 Å². The molecule has 0 aromatic carbocycles. The Hall–Kier alpha value is -1.91. The van der Waals surface area contributed by atoms with E-state index in [1.807, 2.05) is 25.1 Å². The summed E-state index contributed by atoms with van der Waals surface area (Å²) in [5, 5.41) is 0. The number of esters is 1. The minimum Gasteiger partial charge on any atom is -0.469 e. The summed E-state index contributed by atoms with van der Waals surface area (Å²) in [6, 6.07) is 5.60. The fourth-order valence-corrected chi connectivity index (χ4v) is 2.03. The number of carbonyl (C=O) groups excluding carboxylic acids is 2. The molecule has 1 heterocycles. The average molecular weight is 292 g/mol. The molecule has 1 aromatic heterocycles. The van der Waals surface area contributed by atoms with Crippen LogP contribution < -0.4 is 0 Å². The third-order valence-corrected chi connectivity index (χ3v) is 3.27. The van der Waals surface area contributed by atoms with Gasteiger partial charge in [0, 0.05) is 19.2 Å². The third-order valence-electron chi connectivity index (χ3n) is 3.27. The summed E-state index contributed by atoms with van der Waals surface area (Å²) in [7, 11) is 1.36. The summed E-state index contributed by atoms with van der Waals surface area (Å²) < 4.78 is 4.73. The highest BCUT2D eigenvalue weighted by Gasteiger charge is 2.21. The fraction of sp³-hybridized carbons (Fsp3) is 0.562. The molecular weight excluding hydrogens is 268 g/mol. The van der Waals surface area contributed by atoms with Crippen molar-refractivity contribution >= 4 is 11.9 Å². The van der Waals surface area contributed by atoms with Crippen LogP contribution in [0.25, 0.3) is 0 Å². The molecule has 0 aliphatic heterocycles. The van der Waals surface area contributed by atoms with Gasteiger partial charge in [0.15, 0.2) is 0 Å². The zero-order chi connectivity index (χ0) is 15.7. The molecule has 1 amide bonds. The molecule has 1 atom stereocenters. The van der Waals surface area contributed by atoms with Crippen LogP contribution in [0.1, 0.15) is 38.8 Å². The quantitative estimate of drug-likeness (QED) is 0.690. The Balaban J connectivity index is 2.74. The summed E-state index contributed by atoms with van der Waals surface area (Å²) in [6.07, 6.45) is 4.02. The molecule has 0 bridgehead atoms. The van der Waals surface area contributed by atoms with Crippen molar-refractivity contribution in [3.8, 4) is 0 Å². The van der Waals surface area contributed by atoms with Gasteiger partial charge >= 0.3 is 5.97 Å². The molecule has 1 rings (SSSR count). The zero-order valence-corrected chi connectivity index (χ0v) is 13.0. The first-order chi connectivity index (χ1) is 10.1. The number of hydrogen-bond acceptors (Lipinski definition) is 4. The first kappa shape index (κ1) is 17.1. The Bertz CT molecular complexity index is 448. The van der Waals surface area contributed by atoms with E-state index < -0.39 is 0 Å². The van der Waals surface area contributed by atoms with Crippen molar-refractivity contribution in [2.24, 2.45) is 5.92 Å². The molecule has 0 aliphatic carbocycles. The molecule has 116 valence electrons. The first-order valence-corrected chi connectivity index (χ1v) is 7.34. The largest absolute Gasteiger partial charge is 0.469 e. The molecule has 0 aliphatic rings. The number of methoxy groups -OCH3 is 1. The number of hydrogen-bond donors (Lipinski definition) is 0. The van der Waals surface area contributed by atoms with E-state index in [9.17, 15) is 9.59 Å². The van der Waals surface area contributed by atoms with Gasteiger partial charge in [-0.15, -0.1) is 0 Å². The lowest BCUT2D eigenvalue weighted by Crippen LogP contribution is -2.37. The molecule has 0 radical (unpaired) electrons. The van der Waals surface area contributed by atoms with Crippen molar-refractivity contribution < 1.29 is 14.3 Å². The number of rotatable bonds is 8. The maximum atomic E-state index is 12.3. The first-order valence-electron chi connectivity index (χ1n) is 7.34. The molecule has 0 N–H and O–H groups in total. The van der Waals surface area contributed by atoms with Gasteiger partial charge in [-0.05, 0) is 18.6 Å². The number of carbonyl (C=O) groups is 2. The highest BCUT2D eigenvalue weighted by molar-refractivity contribution is 5.77. The number of nitrogens with zero attached hydrogens (tertiary/aromatic N) is 2. The van der Waals surface area contributed by atoms with Crippen molar-refractivity contribution in [1.29, 1.82) is 0 Å². The van der Waals surface area contributed by atoms with E-state index in [2.05, 4.69) is 4.98 Å². The van der Waals surface area contributed by atoms with Gasteiger partial charge in [0.25, 0.3) is 0 Å². The molecule has 0 saturated carbocycles. The van der Waals surface area contributed by atoms with Crippen LogP contribution in [-0.2, 0) is 20.9 Å². The maximum absolute atomic E-state index is 12.3. The van der Waals surface area contributed by atoms with Gasteiger partial charge in [-0.25, -0.2) is 0 Å². The normalized spacial score (nSPS) is 11.8. The van der Waals surface area contributed by atoms with E-state index in [4.69, 9.17) is 4.74 Å². The second-order valence-electron chi connectivity index (χ2n) is 5.12. The van der Waals surface area contributed by atoms with Gasteiger partial charge in [0.05, 0.1) is 25.3 Å². The van der Waals surface area contributed by atoms with E-state index in [0.29, 0.717) is 19.5 Å². The lowest BCUT2D eigenvalue weighted by atomic mass is 10.1. The van der Waals surface area contributed by atoms with Crippen LogP contribution in [0.5, 0.6) is 0 Å². The van der Waals surface area contributed by atoms with E-state index in [0.717, 1.165) is 18.5 Å². The van der Waals surface area contributed by atoms with Gasteiger partial charge in [-0.1, -0.05) is 26.3 Å². The standard InChI is InChI=1S/C16H24N2O3/c1-4-5-9-15(19)18(11-13(2)16(20)21-3)12-14-8-6-7-10-17-14/h6-8,10,13H,4-5,9,11-12H2,1-3H3. The summed E-state index contributed by atoms with van der Waals surface area (Å²) >= 11 is 0. The Morgan fingerprint density at radius 3 is 2.71 bits per heavy atom. The smallest absolute Gasteiger partial charge is 0.310 e. The molecule has 1 aromatic rings. The third kappa shape index (κ3) is 5.94. The van der Waals surface area contributed by atoms with Gasteiger partial charge in [0.1, 0.15) is 0 Å². The van der Waals surface area contributed by atoms with Crippen molar-refractivity contribution in [1.82, 2.24) is 9.88 Å². The minimum atomic E-state index is -0.343. The second-order valence-corrected chi connectivity index (χ2v) is 5.12. The van der Waals surface area contributed by atoms with Crippen LogP contribution >= 0.6 is 0 Å². The van der Waals surface area contributed by atoms with E-state index in [1.165, 1.54) is 7.11 Å². The molecule has 1 unspecified atom stereocenters. The lowest BCUT2D eigenvalue weighted by molar-refractivity contribution is -0.146. The topological polar surface area (TPSA) is 59.5 Å². The van der Waals surface area contributed by atoms with Crippen LogP contribution in [-0.4, -0.2) is 35.4 Å². The number of aromatic nitrogens is 1. The number of pyridine rings is 1. The summed E-state index contributed by atoms with van der Waals surface area (Å²) in [5.41, 5.74) is 0.819. The van der Waals surface area contributed by atoms with Crippen LogP contribution in [0, 0.1) is 5.92 Å². The molecule has 5 nitrogen and oxygen atoms in total. The van der Waals surface area contributed by atoms with Crippen LogP contribution in [0.4, 0.5) is 0 Å². The van der Waals surface area contributed by atoms with Crippen molar-refractivity contribution in [3.05, 3.63) is 30.1 Å². The Morgan fingerprint density at radius 1 is 1.38 bits per heavy atom. The predicted molar refractivity (Wildman–Crippen MR) is 80.4 cm³/mol. The Morgan fingerprint density at radius 2 is 2.14 bits per heavy atom. The summed E-state index contributed by atoms with van der Waals surface area (Å²) in [6.45, 7) is 4.59. The number of unbranched alkanes of at least 4 members (excludes halogenated alkanes) is 1. The molecule has 0 spiro atoms. The van der Waals surface area contributed by atoms with E-state index in [1.54, 1.807) is 18.0 Å².